The van der Waals surface area contributed by atoms with Gasteiger partial charge in [-0.05, 0) is 85.2 Å². The van der Waals surface area contributed by atoms with Crippen LogP contribution in [0.1, 0.15) is 41.5 Å². The molecule has 0 bridgehead atoms. The van der Waals surface area contributed by atoms with Crippen LogP contribution in [-0.2, 0) is 32.6 Å². The van der Waals surface area contributed by atoms with Crippen LogP contribution in [0.4, 0.5) is 10.1 Å². The summed E-state index contributed by atoms with van der Waals surface area (Å²) in [5.41, 5.74) is 8.20. The standard InChI is InChI=1S/C26H28FN5O3/c27-19-6-5-17-3-4-18-12-20(31-16-33)7-8-22(18)26(25(29)35,23(17)13-19)9-10-30-15-24(34)32-11-1-2-21(32)14-28/h5-8,12-13,16,21,30H,1-4,9-11,15H2,(H2,29,35)(H,31,33)/t21-,26?/m0/s1. The molecule has 1 saturated heterocycles. The third kappa shape index (κ3) is 4.62. The zero-order valence-corrected chi connectivity index (χ0v) is 19.4. The number of anilines is 1. The summed E-state index contributed by atoms with van der Waals surface area (Å²) in [5, 5.41) is 15.0. The first-order valence-electron chi connectivity index (χ1n) is 11.7. The van der Waals surface area contributed by atoms with Crippen molar-refractivity contribution in [2.75, 3.05) is 25.0 Å². The van der Waals surface area contributed by atoms with Crippen LogP contribution in [0, 0.1) is 17.1 Å². The third-order valence-corrected chi connectivity index (χ3v) is 7.08. The minimum absolute atomic E-state index is 0.0259. The van der Waals surface area contributed by atoms with Crippen molar-refractivity contribution in [3.63, 3.8) is 0 Å². The molecule has 0 aromatic heterocycles. The predicted molar refractivity (Wildman–Crippen MR) is 128 cm³/mol. The van der Waals surface area contributed by atoms with Gasteiger partial charge in [-0.25, -0.2) is 4.39 Å². The number of benzene rings is 2. The number of nitrogens with one attached hydrogen (secondary N) is 2. The van der Waals surface area contributed by atoms with Gasteiger partial charge in [0.1, 0.15) is 17.3 Å². The molecule has 8 nitrogen and oxygen atoms in total. The van der Waals surface area contributed by atoms with E-state index in [4.69, 9.17) is 5.73 Å². The Morgan fingerprint density at radius 3 is 2.74 bits per heavy atom. The average Bonchev–Trinajstić information content (AvgIpc) is 3.28. The van der Waals surface area contributed by atoms with Crippen LogP contribution < -0.4 is 16.4 Å². The number of carbonyl (C=O) groups is 3. The Bertz CT molecular complexity index is 1190. The van der Waals surface area contributed by atoms with Gasteiger partial charge in [-0.2, -0.15) is 5.26 Å². The molecule has 1 unspecified atom stereocenters. The molecule has 4 rings (SSSR count). The summed E-state index contributed by atoms with van der Waals surface area (Å²) in [4.78, 5) is 38.3. The van der Waals surface area contributed by atoms with Gasteiger partial charge in [0.05, 0.1) is 12.6 Å². The molecule has 9 heteroatoms. The van der Waals surface area contributed by atoms with Gasteiger partial charge in [-0.15, -0.1) is 0 Å². The van der Waals surface area contributed by atoms with Crippen molar-refractivity contribution in [1.29, 1.82) is 5.26 Å². The molecule has 1 fully saturated rings. The Morgan fingerprint density at radius 2 is 2.00 bits per heavy atom. The van der Waals surface area contributed by atoms with Gasteiger partial charge in [0.15, 0.2) is 0 Å². The third-order valence-electron chi connectivity index (χ3n) is 7.08. The van der Waals surface area contributed by atoms with Crippen LogP contribution in [0.25, 0.3) is 0 Å². The summed E-state index contributed by atoms with van der Waals surface area (Å²) in [7, 11) is 0. The second-order valence-electron chi connectivity index (χ2n) is 9.01. The van der Waals surface area contributed by atoms with Crippen LogP contribution in [-0.4, -0.2) is 48.8 Å². The predicted octanol–water partition coefficient (Wildman–Crippen LogP) is 1.76. The Morgan fingerprint density at radius 1 is 1.20 bits per heavy atom. The fraction of sp³-hybridized carbons (Fsp3) is 0.385. The number of nitrogens with zero attached hydrogens (tertiary/aromatic N) is 2. The number of fused-ring (bicyclic) bond motifs is 2. The lowest BCUT2D eigenvalue weighted by atomic mass is 9.69. The van der Waals surface area contributed by atoms with E-state index in [-0.39, 0.29) is 25.4 Å². The summed E-state index contributed by atoms with van der Waals surface area (Å²) in [5.74, 6) is -1.24. The summed E-state index contributed by atoms with van der Waals surface area (Å²) in [6.07, 6.45) is 3.44. The number of amides is 3. The van der Waals surface area contributed by atoms with Crippen molar-refractivity contribution >= 4 is 23.9 Å². The van der Waals surface area contributed by atoms with Crippen molar-refractivity contribution in [1.82, 2.24) is 10.2 Å². The van der Waals surface area contributed by atoms with Gasteiger partial charge in [-0.1, -0.05) is 12.1 Å². The van der Waals surface area contributed by atoms with Crippen molar-refractivity contribution in [3.05, 3.63) is 64.5 Å². The number of hydrogen-bond donors (Lipinski definition) is 3. The monoisotopic (exact) mass is 477 g/mol. The molecule has 0 spiro atoms. The first-order valence-corrected chi connectivity index (χ1v) is 11.7. The minimum atomic E-state index is -1.32. The normalized spacial score (nSPS) is 20.8. The van der Waals surface area contributed by atoms with Crippen LogP contribution in [0.2, 0.25) is 0 Å². The maximum absolute atomic E-state index is 14.4. The van der Waals surface area contributed by atoms with Crippen molar-refractivity contribution in [2.24, 2.45) is 5.73 Å². The number of nitriles is 1. The van der Waals surface area contributed by atoms with Crippen LogP contribution >= 0.6 is 0 Å². The highest BCUT2D eigenvalue weighted by Crippen LogP contribution is 2.43. The molecule has 1 aliphatic heterocycles. The van der Waals surface area contributed by atoms with E-state index in [9.17, 15) is 24.0 Å². The van der Waals surface area contributed by atoms with Crippen LogP contribution in [0.3, 0.4) is 0 Å². The van der Waals surface area contributed by atoms with Crippen molar-refractivity contribution < 1.29 is 18.8 Å². The Labute approximate surface area is 203 Å². The van der Waals surface area contributed by atoms with Gasteiger partial charge < -0.3 is 21.3 Å². The smallest absolute Gasteiger partial charge is 0.237 e. The van der Waals surface area contributed by atoms with E-state index in [1.807, 2.05) is 6.07 Å². The summed E-state index contributed by atoms with van der Waals surface area (Å²) in [6, 6.07) is 11.5. The molecule has 4 N–H and O–H groups in total. The maximum atomic E-state index is 14.4. The lowest BCUT2D eigenvalue weighted by Crippen LogP contribution is -2.46. The largest absolute Gasteiger partial charge is 0.369 e. The fourth-order valence-electron chi connectivity index (χ4n) is 5.38. The molecular formula is C26H28FN5O3. The number of rotatable bonds is 8. The number of nitrogens with two attached hydrogens (primary N) is 1. The Hall–Kier alpha value is -3.77. The zero-order valence-electron chi connectivity index (χ0n) is 19.4. The van der Waals surface area contributed by atoms with E-state index >= 15 is 0 Å². The molecule has 0 saturated carbocycles. The first-order chi connectivity index (χ1) is 16.9. The number of carbonyl (C=O) groups excluding carboxylic acids is 3. The fourth-order valence-corrected chi connectivity index (χ4v) is 5.38. The molecule has 0 radical (unpaired) electrons. The average molecular weight is 478 g/mol. The second kappa shape index (κ2) is 10.2. The number of halogens is 1. The van der Waals surface area contributed by atoms with Crippen LogP contribution in [0.15, 0.2) is 36.4 Å². The van der Waals surface area contributed by atoms with E-state index in [0.29, 0.717) is 49.0 Å². The quantitative estimate of drug-likeness (QED) is 0.394. The van der Waals surface area contributed by atoms with Gasteiger partial charge in [-0.3, -0.25) is 14.4 Å². The summed E-state index contributed by atoms with van der Waals surface area (Å²) >= 11 is 0. The van der Waals surface area contributed by atoms with Gasteiger partial charge in [0.25, 0.3) is 0 Å². The van der Waals surface area contributed by atoms with Crippen molar-refractivity contribution in [2.45, 2.75) is 43.6 Å². The van der Waals surface area contributed by atoms with Gasteiger partial charge >= 0.3 is 0 Å². The molecule has 3 amide bonds. The minimum Gasteiger partial charge on any atom is -0.369 e. The highest BCUT2D eigenvalue weighted by Gasteiger charge is 2.44. The molecular weight excluding hydrogens is 449 g/mol. The van der Waals surface area contributed by atoms with E-state index in [0.717, 1.165) is 17.5 Å². The summed E-state index contributed by atoms with van der Waals surface area (Å²) in [6.45, 7) is 0.850. The number of primary amides is 1. The number of likely N-dealkylation sites (tertiary alicyclic amines) is 1. The van der Waals surface area contributed by atoms with Gasteiger partial charge in [0, 0.05) is 12.2 Å². The lowest BCUT2D eigenvalue weighted by molar-refractivity contribution is -0.130. The Kier molecular flexibility index (Phi) is 7.12. The highest BCUT2D eigenvalue weighted by molar-refractivity contribution is 5.92. The van der Waals surface area contributed by atoms with Crippen molar-refractivity contribution in [3.8, 4) is 6.07 Å². The van der Waals surface area contributed by atoms with E-state index in [1.165, 1.54) is 12.1 Å². The molecule has 1 aliphatic carbocycles. The molecule has 35 heavy (non-hydrogen) atoms. The zero-order chi connectivity index (χ0) is 25.0. The first kappa shape index (κ1) is 24.4. The SMILES string of the molecule is N#C[C@@H]1CCCN1C(=O)CNCCC1(C(N)=O)c2ccc(NC=O)cc2CCc2ccc(F)cc21. The van der Waals surface area contributed by atoms with E-state index in [2.05, 4.69) is 16.7 Å². The Balaban J connectivity index is 1.65. The lowest BCUT2D eigenvalue weighted by Gasteiger charge is -2.34. The summed E-state index contributed by atoms with van der Waals surface area (Å²) < 4.78 is 14.4. The van der Waals surface area contributed by atoms with Crippen LogP contribution in [0.5, 0.6) is 0 Å². The number of aryl methyl sites for hydroxylation is 2. The van der Waals surface area contributed by atoms with E-state index in [1.54, 1.807) is 23.1 Å². The topological polar surface area (TPSA) is 128 Å². The molecule has 2 aromatic rings. The molecule has 2 aromatic carbocycles. The van der Waals surface area contributed by atoms with E-state index < -0.39 is 23.2 Å². The molecule has 2 atom stereocenters. The molecule has 182 valence electrons. The second-order valence-corrected chi connectivity index (χ2v) is 9.01. The number of hydrogen-bond acceptors (Lipinski definition) is 5. The van der Waals surface area contributed by atoms with Gasteiger partial charge in [0.2, 0.25) is 18.2 Å². The molecule has 2 aliphatic rings. The maximum Gasteiger partial charge on any atom is 0.237 e. The molecule has 1 heterocycles. The highest BCUT2D eigenvalue weighted by atomic mass is 19.1.